The third kappa shape index (κ3) is 14.6. The van der Waals surface area contributed by atoms with Crippen LogP contribution < -0.4 is 11.5 Å². The summed E-state index contributed by atoms with van der Waals surface area (Å²) in [7, 11) is 0. The zero-order chi connectivity index (χ0) is 13.5. The van der Waals surface area contributed by atoms with Gasteiger partial charge in [-0.15, -0.1) is 0 Å². The minimum atomic E-state index is 0. The number of aliphatic hydroxyl groups is 1. The molecular formula is C13H28N2O2. The van der Waals surface area contributed by atoms with Crippen LogP contribution in [0, 0.1) is 0 Å². The molecule has 0 bridgehead atoms. The predicted molar refractivity (Wildman–Crippen MR) is 76.7 cm³/mol. The SMILES string of the molecule is CC=O.CCCCN.Nc1ccc(CO)cc1.[HH].[HH]. The Bertz CT molecular complexity index is 268. The quantitative estimate of drug-likeness (QED) is 0.561. The maximum Gasteiger partial charge on any atom is 0.116 e. The van der Waals surface area contributed by atoms with Gasteiger partial charge in [-0.25, -0.2) is 0 Å². The van der Waals surface area contributed by atoms with E-state index in [4.69, 9.17) is 21.4 Å². The minimum Gasteiger partial charge on any atom is -0.399 e. The molecule has 0 fully saturated rings. The van der Waals surface area contributed by atoms with Crippen LogP contribution in [-0.2, 0) is 11.4 Å². The van der Waals surface area contributed by atoms with Gasteiger partial charge in [0.25, 0.3) is 0 Å². The van der Waals surface area contributed by atoms with Crippen LogP contribution in [0.1, 0.15) is 35.1 Å². The van der Waals surface area contributed by atoms with Gasteiger partial charge in [-0.3, -0.25) is 0 Å². The van der Waals surface area contributed by atoms with Crippen molar-refractivity contribution in [2.24, 2.45) is 5.73 Å². The summed E-state index contributed by atoms with van der Waals surface area (Å²) < 4.78 is 0. The van der Waals surface area contributed by atoms with Crippen molar-refractivity contribution in [2.75, 3.05) is 12.3 Å². The van der Waals surface area contributed by atoms with E-state index < -0.39 is 0 Å². The highest BCUT2D eigenvalue weighted by Gasteiger charge is 1.86. The van der Waals surface area contributed by atoms with E-state index in [1.54, 1.807) is 24.3 Å². The van der Waals surface area contributed by atoms with Gasteiger partial charge in [0.05, 0.1) is 6.61 Å². The highest BCUT2D eigenvalue weighted by molar-refractivity contribution is 5.44. The number of rotatable bonds is 3. The molecule has 0 aromatic heterocycles. The minimum absolute atomic E-state index is 0. The van der Waals surface area contributed by atoms with Crippen molar-refractivity contribution in [1.29, 1.82) is 0 Å². The van der Waals surface area contributed by atoms with Crippen LogP contribution in [-0.4, -0.2) is 17.9 Å². The van der Waals surface area contributed by atoms with Gasteiger partial charge in [0.15, 0.2) is 0 Å². The highest BCUT2D eigenvalue weighted by Crippen LogP contribution is 2.03. The van der Waals surface area contributed by atoms with Gasteiger partial charge >= 0.3 is 0 Å². The molecule has 1 rings (SSSR count). The van der Waals surface area contributed by atoms with Gasteiger partial charge < -0.3 is 21.4 Å². The van der Waals surface area contributed by atoms with E-state index >= 15 is 0 Å². The molecule has 0 atom stereocenters. The standard InChI is InChI=1S/C7H9NO.C4H11N.C2H4O.2H2/c8-7-3-1-6(5-9)2-4-7;1-2-3-4-5;1-2-3;;/h1-4,9H,5,8H2;2-5H2,1H3;2H,1H3;2*1H. The van der Waals surface area contributed by atoms with Crippen molar-refractivity contribution < 1.29 is 12.8 Å². The van der Waals surface area contributed by atoms with Crippen molar-refractivity contribution in [1.82, 2.24) is 0 Å². The average molecular weight is 244 g/mol. The maximum atomic E-state index is 8.81. The molecule has 0 spiro atoms. The van der Waals surface area contributed by atoms with Gasteiger partial charge in [-0.2, -0.15) is 0 Å². The van der Waals surface area contributed by atoms with Gasteiger partial charge in [0, 0.05) is 8.54 Å². The predicted octanol–water partition coefficient (Wildman–Crippen LogP) is 2.20. The van der Waals surface area contributed by atoms with Crippen LogP contribution in [0.15, 0.2) is 24.3 Å². The second-order valence-corrected chi connectivity index (χ2v) is 3.28. The Morgan fingerprint density at radius 2 is 1.82 bits per heavy atom. The fraction of sp³-hybridized carbons (Fsp3) is 0.462. The molecule has 0 aliphatic carbocycles. The van der Waals surface area contributed by atoms with Crippen LogP contribution in [0.5, 0.6) is 0 Å². The number of nitrogens with two attached hydrogens (primary N) is 2. The van der Waals surface area contributed by atoms with Crippen LogP contribution in [0.3, 0.4) is 0 Å². The summed E-state index contributed by atoms with van der Waals surface area (Å²) in [6, 6.07) is 7.14. The lowest BCUT2D eigenvalue weighted by Gasteiger charge is -1.94. The zero-order valence-electron chi connectivity index (χ0n) is 10.7. The van der Waals surface area contributed by atoms with Crippen LogP contribution >= 0.6 is 0 Å². The van der Waals surface area contributed by atoms with E-state index in [0.29, 0.717) is 0 Å². The second kappa shape index (κ2) is 14.6. The van der Waals surface area contributed by atoms with Gasteiger partial charge in [0.2, 0.25) is 0 Å². The number of anilines is 1. The Balaban J connectivity index is -0.0000000983. The molecule has 1 aromatic carbocycles. The number of carbonyl (C=O) groups is 1. The molecule has 0 unspecified atom stereocenters. The van der Waals surface area contributed by atoms with Gasteiger partial charge in [-0.1, -0.05) is 25.5 Å². The summed E-state index contributed by atoms with van der Waals surface area (Å²) in [6.07, 6.45) is 3.14. The molecule has 102 valence electrons. The van der Waals surface area contributed by atoms with E-state index in [2.05, 4.69) is 6.92 Å². The molecule has 4 nitrogen and oxygen atoms in total. The Hall–Kier alpha value is -1.39. The highest BCUT2D eigenvalue weighted by atomic mass is 16.3. The van der Waals surface area contributed by atoms with E-state index in [9.17, 15) is 0 Å². The first kappa shape index (κ1) is 18.0. The first-order valence-corrected chi connectivity index (χ1v) is 5.71. The zero-order valence-corrected chi connectivity index (χ0v) is 10.7. The van der Waals surface area contributed by atoms with Crippen molar-refractivity contribution in [3.8, 4) is 0 Å². The number of hydrogen-bond donors (Lipinski definition) is 3. The third-order valence-electron chi connectivity index (χ3n) is 1.72. The van der Waals surface area contributed by atoms with Crippen LogP contribution in [0.2, 0.25) is 0 Å². The molecule has 0 aliphatic heterocycles. The maximum absolute atomic E-state index is 8.81. The van der Waals surface area contributed by atoms with Crippen LogP contribution in [0.25, 0.3) is 0 Å². The Morgan fingerprint density at radius 3 is 2.06 bits per heavy atom. The van der Waals surface area contributed by atoms with Crippen molar-refractivity contribution in [3.05, 3.63) is 29.8 Å². The largest absolute Gasteiger partial charge is 0.399 e. The van der Waals surface area contributed by atoms with Crippen LogP contribution in [0.4, 0.5) is 5.69 Å². The molecule has 0 saturated heterocycles. The van der Waals surface area contributed by atoms with E-state index in [1.807, 2.05) is 0 Å². The smallest absolute Gasteiger partial charge is 0.116 e. The number of carbonyl (C=O) groups excluding carboxylic acids is 1. The fourth-order valence-corrected chi connectivity index (χ4v) is 0.827. The number of hydrogen-bond acceptors (Lipinski definition) is 4. The number of benzene rings is 1. The molecule has 1 aromatic rings. The molecule has 0 amide bonds. The summed E-state index contributed by atoms with van der Waals surface area (Å²) in [5, 5.41) is 8.59. The number of aliphatic hydroxyl groups excluding tert-OH is 1. The molecule has 0 saturated carbocycles. The summed E-state index contributed by atoms with van der Waals surface area (Å²) >= 11 is 0. The van der Waals surface area contributed by atoms with Crippen molar-refractivity contribution >= 4 is 12.0 Å². The molecule has 0 radical (unpaired) electrons. The summed E-state index contributed by atoms with van der Waals surface area (Å²) in [6.45, 7) is 4.50. The molecule has 0 heterocycles. The van der Waals surface area contributed by atoms with E-state index in [0.717, 1.165) is 24.1 Å². The molecule has 4 heteroatoms. The lowest BCUT2D eigenvalue weighted by Crippen LogP contribution is -1.95. The van der Waals surface area contributed by atoms with Crippen molar-refractivity contribution in [3.63, 3.8) is 0 Å². The molecule has 17 heavy (non-hydrogen) atoms. The Morgan fingerprint density at radius 1 is 1.35 bits per heavy atom. The Labute approximate surface area is 107 Å². The van der Waals surface area contributed by atoms with Gasteiger partial charge in [0.1, 0.15) is 6.29 Å². The number of nitrogen functional groups attached to an aromatic ring is 1. The monoisotopic (exact) mass is 244 g/mol. The van der Waals surface area contributed by atoms with E-state index in [-0.39, 0.29) is 9.46 Å². The van der Waals surface area contributed by atoms with E-state index in [1.165, 1.54) is 19.8 Å². The van der Waals surface area contributed by atoms with Crippen molar-refractivity contribution in [2.45, 2.75) is 33.3 Å². The average Bonchev–Trinajstić information content (AvgIpc) is 2.33. The number of unbranched alkanes of at least 4 members (excludes halogenated alkanes) is 1. The second-order valence-electron chi connectivity index (χ2n) is 3.28. The molecular weight excluding hydrogens is 216 g/mol. The first-order valence-electron chi connectivity index (χ1n) is 5.71. The normalized spacial score (nSPS) is 8.24. The lowest BCUT2D eigenvalue weighted by molar-refractivity contribution is -0.106. The summed E-state index contributed by atoms with van der Waals surface area (Å²) in [4.78, 5) is 8.81. The third-order valence-corrected chi connectivity index (χ3v) is 1.72. The van der Waals surface area contributed by atoms with Gasteiger partial charge in [-0.05, 0) is 37.6 Å². The fourth-order valence-electron chi connectivity index (χ4n) is 0.827. The topological polar surface area (TPSA) is 89.3 Å². The summed E-state index contributed by atoms with van der Waals surface area (Å²) in [5.41, 5.74) is 12.2. The molecule has 5 N–H and O–H groups in total. The Kier molecular flexibility index (Phi) is 15.5. The lowest BCUT2D eigenvalue weighted by atomic mass is 10.2. The summed E-state index contributed by atoms with van der Waals surface area (Å²) in [5.74, 6) is 0. The number of aldehydes is 1. The molecule has 0 aliphatic rings. The first-order chi connectivity index (χ1) is 8.15.